The number of hydrogen-bond donors (Lipinski definition) is 1. The minimum Gasteiger partial charge on any atom is -0.341 e. The van der Waals surface area contributed by atoms with E-state index in [2.05, 4.69) is 5.32 Å². The predicted octanol–water partition coefficient (Wildman–Crippen LogP) is 1.38. The Hall–Kier alpha value is -1.10. The van der Waals surface area contributed by atoms with Gasteiger partial charge in [0.2, 0.25) is 11.8 Å². The summed E-state index contributed by atoms with van der Waals surface area (Å²) in [6.07, 6.45) is 7.08. The molecule has 0 spiro atoms. The summed E-state index contributed by atoms with van der Waals surface area (Å²) in [5, 5.41) is 3.65. The summed E-state index contributed by atoms with van der Waals surface area (Å²) in [7, 11) is 0. The van der Waals surface area contributed by atoms with Gasteiger partial charge in [0, 0.05) is 32.1 Å². The second-order valence-electron chi connectivity index (χ2n) is 7.07. The Morgan fingerprint density at radius 2 is 1.95 bits per heavy atom. The summed E-state index contributed by atoms with van der Waals surface area (Å²) in [6.45, 7) is 5.58. The average Bonchev–Trinajstić information content (AvgIpc) is 3.28. The molecule has 1 N–H and O–H groups in total. The van der Waals surface area contributed by atoms with Gasteiger partial charge < -0.3 is 15.1 Å². The number of piperidine rings is 1. The molecule has 2 aliphatic heterocycles. The van der Waals surface area contributed by atoms with Crippen LogP contribution in [0.4, 0.5) is 0 Å². The molecular weight excluding hydrogens is 278 g/mol. The quantitative estimate of drug-likeness (QED) is 0.806. The number of likely N-dealkylation sites (tertiary alicyclic amines) is 2. The highest BCUT2D eigenvalue weighted by Crippen LogP contribution is 2.28. The van der Waals surface area contributed by atoms with Gasteiger partial charge in [0.25, 0.3) is 0 Å². The zero-order valence-electron chi connectivity index (χ0n) is 13.7. The summed E-state index contributed by atoms with van der Waals surface area (Å²) < 4.78 is 0. The van der Waals surface area contributed by atoms with E-state index in [1.807, 2.05) is 11.8 Å². The second kappa shape index (κ2) is 6.99. The van der Waals surface area contributed by atoms with Crippen molar-refractivity contribution in [2.24, 2.45) is 5.92 Å². The van der Waals surface area contributed by atoms with Crippen LogP contribution in [0.3, 0.4) is 0 Å². The van der Waals surface area contributed by atoms with Crippen LogP contribution in [0.15, 0.2) is 0 Å². The molecule has 1 atom stereocenters. The molecule has 0 aromatic heterocycles. The zero-order valence-corrected chi connectivity index (χ0v) is 13.7. The number of nitrogens with zero attached hydrogens (tertiary/aromatic N) is 2. The Balaban J connectivity index is 1.48. The van der Waals surface area contributed by atoms with Crippen molar-refractivity contribution in [1.29, 1.82) is 0 Å². The molecule has 1 unspecified atom stereocenters. The summed E-state index contributed by atoms with van der Waals surface area (Å²) >= 11 is 0. The van der Waals surface area contributed by atoms with Crippen molar-refractivity contribution in [3.05, 3.63) is 0 Å². The van der Waals surface area contributed by atoms with Gasteiger partial charge >= 0.3 is 0 Å². The molecule has 0 radical (unpaired) electrons. The third-order valence-corrected chi connectivity index (χ3v) is 5.36. The van der Waals surface area contributed by atoms with E-state index in [0.717, 1.165) is 57.8 Å². The summed E-state index contributed by atoms with van der Waals surface area (Å²) in [6, 6.07) is 0.337. The first-order valence-corrected chi connectivity index (χ1v) is 9.00. The smallest absolute Gasteiger partial charge is 0.245 e. The van der Waals surface area contributed by atoms with Gasteiger partial charge in [0.15, 0.2) is 0 Å². The van der Waals surface area contributed by atoms with E-state index in [-0.39, 0.29) is 17.9 Å². The van der Waals surface area contributed by atoms with Crippen LogP contribution in [0.25, 0.3) is 0 Å². The van der Waals surface area contributed by atoms with Crippen molar-refractivity contribution in [3.63, 3.8) is 0 Å². The van der Waals surface area contributed by atoms with E-state index in [4.69, 9.17) is 0 Å². The fourth-order valence-corrected chi connectivity index (χ4v) is 3.70. The summed E-state index contributed by atoms with van der Waals surface area (Å²) in [4.78, 5) is 28.5. The van der Waals surface area contributed by atoms with Crippen molar-refractivity contribution in [3.8, 4) is 0 Å². The molecular formula is C17H29N3O2. The Labute approximate surface area is 133 Å². The summed E-state index contributed by atoms with van der Waals surface area (Å²) in [5.74, 6) is 1.23. The minimum atomic E-state index is -0.231. The predicted molar refractivity (Wildman–Crippen MR) is 85.4 cm³/mol. The lowest BCUT2D eigenvalue weighted by atomic mass is 10.0. The molecule has 124 valence electrons. The molecule has 2 amide bonds. The zero-order chi connectivity index (χ0) is 15.5. The van der Waals surface area contributed by atoms with Gasteiger partial charge in [-0.3, -0.25) is 9.59 Å². The van der Waals surface area contributed by atoms with E-state index >= 15 is 0 Å². The highest BCUT2D eigenvalue weighted by Gasteiger charge is 2.35. The maximum Gasteiger partial charge on any atom is 0.245 e. The molecule has 1 saturated carbocycles. The molecule has 3 aliphatic rings. The van der Waals surface area contributed by atoms with Crippen LogP contribution in [0, 0.1) is 5.92 Å². The van der Waals surface area contributed by atoms with E-state index in [1.165, 1.54) is 12.8 Å². The fraction of sp³-hybridized carbons (Fsp3) is 0.882. The number of carbonyl (C=O) groups is 2. The van der Waals surface area contributed by atoms with E-state index in [9.17, 15) is 9.59 Å². The minimum absolute atomic E-state index is 0.154. The SMILES string of the molecule is CCC(C(=O)N1CCC(NCC2CC2)CC1)N1CCCC1=O. The van der Waals surface area contributed by atoms with Gasteiger partial charge in [0.05, 0.1) is 0 Å². The first-order chi connectivity index (χ1) is 10.7. The van der Waals surface area contributed by atoms with Crippen molar-refractivity contribution < 1.29 is 9.59 Å². The second-order valence-corrected chi connectivity index (χ2v) is 7.07. The molecule has 0 aromatic carbocycles. The highest BCUT2D eigenvalue weighted by atomic mass is 16.2. The lowest BCUT2D eigenvalue weighted by molar-refractivity contribution is -0.144. The van der Waals surface area contributed by atoms with Crippen LogP contribution in [0.5, 0.6) is 0 Å². The van der Waals surface area contributed by atoms with Crippen LogP contribution < -0.4 is 5.32 Å². The third kappa shape index (κ3) is 3.62. The van der Waals surface area contributed by atoms with E-state index in [1.54, 1.807) is 4.90 Å². The van der Waals surface area contributed by atoms with Gasteiger partial charge in [0.1, 0.15) is 6.04 Å². The Kier molecular flexibility index (Phi) is 5.01. The molecule has 0 aromatic rings. The monoisotopic (exact) mass is 307 g/mol. The Morgan fingerprint density at radius 1 is 1.23 bits per heavy atom. The first kappa shape index (κ1) is 15.8. The number of hydrogen-bond acceptors (Lipinski definition) is 3. The number of rotatable bonds is 6. The number of nitrogens with one attached hydrogen (secondary N) is 1. The average molecular weight is 307 g/mol. The molecule has 1 aliphatic carbocycles. The first-order valence-electron chi connectivity index (χ1n) is 9.00. The standard InChI is InChI=1S/C17H29N3O2/c1-2-15(20-9-3-4-16(20)21)17(22)19-10-7-14(8-11-19)18-12-13-5-6-13/h13-15,18H,2-12H2,1H3. The molecule has 3 fully saturated rings. The molecule has 5 nitrogen and oxygen atoms in total. The van der Waals surface area contributed by atoms with Gasteiger partial charge in [-0.05, 0) is 51.0 Å². The van der Waals surface area contributed by atoms with E-state index in [0.29, 0.717) is 12.5 Å². The molecule has 2 saturated heterocycles. The van der Waals surface area contributed by atoms with Crippen molar-refractivity contribution in [2.75, 3.05) is 26.2 Å². The van der Waals surface area contributed by atoms with Crippen molar-refractivity contribution >= 4 is 11.8 Å². The molecule has 3 rings (SSSR count). The highest BCUT2D eigenvalue weighted by molar-refractivity contribution is 5.88. The van der Waals surface area contributed by atoms with Crippen LogP contribution in [0.2, 0.25) is 0 Å². The van der Waals surface area contributed by atoms with Crippen LogP contribution in [-0.4, -0.2) is 59.9 Å². The lowest BCUT2D eigenvalue weighted by Gasteiger charge is -2.36. The van der Waals surface area contributed by atoms with Gasteiger partial charge in [-0.25, -0.2) is 0 Å². The third-order valence-electron chi connectivity index (χ3n) is 5.36. The Bertz CT molecular complexity index is 414. The number of carbonyl (C=O) groups excluding carboxylic acids is 2. The van der Waals surface area contributed by atoms with Crippen LogP contribution in [-0.2, 0) is 9.59 Å². The van der Waals surface area contributed by atoms with E-state index < -0.39 is 0 Å². The Morgan fingerprint density at radius 3 is 2.50 bits per heavy atom. The van der Waals surface area contributed by atoms with Crippen LogP contribution >= 0.6 is 0 Å². The molecule has 0 bridgehead atoms. The maximum atomic E-state index is 12.8. The fourth-order valence-electron chi connectivity index (χ4n) is 3.70. The molecule has 22 heavy (non-hydrogen) atoms. The molecule has 2 heterocycles. The largest absolute Gasteiger partial charge is 0.341 e. The lowest BCUT2D eigenvalue weighted by Crippen LogP contribution is -2.52. The van der Waals surface area contributed by atoms with Crippen molar-refractivity contribution in [1.82, 2.24) is 15.1 Å². The van der Waals surface area contributed by atoms with Gasteiger partial charge in [-0.15, -0.1) is 0 Å². The normalized spacial score (nSPS) is 24.9. The topological polar surface area (TPSA) is 52.7 Å². The van der Waals surface area contributed by atoms with Crippen molar-refractivity contribution in [2.45, 2.75) is 64.0 Å². The van der Waals surface area contributed by atoms with Gasteiger partial charge in [-0.1, -0.05) is 6.92 Å². The number of amides is 2. The van der Waals surface area contributed by atoms with Crippen LogP contribution in [0.1, 0.15) is 51.9 Å². The molecule has 5 heteroatoms. The maximum absolute atomic E-state index is 12.8. The van der Waals surface area contributed by atoms with Gasteiger partial charge in [-0.2, -0.15) is 0 Å². The summed E-state index contributed by atoms with van der Waals surface area (Å²) in [5.41, 5.74) is 0.